The molecule has 15 heavy (non-hydrogen) atoms. The monoisotopic (exact) mass is 219 g/mol. The predicted octanol–water partition coefficient (Wildman–Crippen LogP) is 0.942. The van der Waals surface area contributed by atoms with Crippen LogP contribution < -0.4 is 10.4 Å². The Morgan fingerprint density at radius 1 is 1.53 bits per heavy atom. The molecular weight excluding hydrogens is 213 g/mol. The van der Waals surface area contributed by atoms with E-state index in [2.05, 4.69) is 4.98 Å². The Hall–Kier alpha value is -1.79. The molecule has 82 valence electrons. The van der Waals surface area contributed by atoms with Gasteiger partial charge < -0.3 is 15.2 Å². The van der Waals surface area contributed by atoms with Crippen molar-refractivity contribution in [1.82, 2.24) is 4.98 Å². The van der Waals surface area contributed by atoms with Gasteiger partial charge in [0.25, 0.3) is 0 Å². The lowest BCUT2D eigenvalue weighted by molar-refractivity contribution is -0.242. The molecule has 0 unspecified atom stereocenters. The Balaban J connectivity index is 2.91. The summed E-state index contributed by atoms with van der Waals surface area (Å²) in [5.74, 6) is -0.352. The Labute approximate surface area is 82.7 Å². The molecule has 0 aliphatic carbocycles. The van der Waals surface area contributed by atoms with Crippen molar-refractivity contribution in [2.45, 2.75) is 12.6 Å². The lowest BCUT2D eigenvalue weighted by Crippen LogP contribution is -2.30. The first-order valence-electron chi connectivity index (χ1n) is 3.87. The average Bonchev–Trinajstić information content (AvgIpc) is 2.05. The molecule has 7 heteroatoms. The minimum atomic E-state index is -4.41. The number of pyridine rings is 1. The highest BCUT2D eigenvalue weighted by atomic mass is 19.4. The van der Waals surface area contributed by atoms with Gasteiger partial charge in [-0.15, -0.1) is 0 Å². The van der Waals surface area contributed by atoms with Gasteiger partial charge in [0.05, 0.1) is 6.42 Å². The molecule has 1 N–H and O–H groups in total. The quantitative estimate of drug-likeness (QED) is 0.805. The number of nitrogens with zero attached hydrogens (tertiary/aromatic N) is 1. The van der Waals surface area contributed by atoms with Crippen LogP contribution in [0.2, 0.25) is 0 Å². The highest BCUT2D eigenvalue weighted by Gasteiger charge is 2.29. The van der Waals surface area contributed by atoms with Crippen LogP contribution in [0.1, 0.15) is 5.56 Å². The van der Waals surface area contributed by atoms with Crippen molar-refractivity contribution in [3.05, 3.63) is 23.9 Å². The lowest BCUT2D eigenvalue weighted by Gasteiger charge is -2.12. The summed E-state index contributed by atoms with van der Waals surface area (Å²) in [7, 11) is 0. The zero-order valence-electron chi connectivity index (χ0n) is 7.34. The number of aromatic nitrogens is 1. The second-order valence-electron chi connectivity index (χ2n) is 2.72. The van der Waals surface area contributed by atoms with Gasteiger partial charge >= 0.3 is 6.18 Å². The molecular formula is C8H6F3N2O2-. The zero-order chi connectivity index (χ0) is 11.5. The van der Waals surface area contributed by atoms with Gasteiger partial charge in [-0.25, -0.2) is 4.98 Å². The maximum atomic E-state index is 12.0. The van der Waals surface area contributed by atoms with Crippen LogP contribution in [0.3, 0.4) is 0 Å². The second-order valence-corrected chi connectivity index (χ2v) is 2.72. The van der Waals surface area contributed by atoms with Crippen LogP contribution in [-0.2, 0) is 6.42 Å². The van der Waals surface area contributed by atoms with Gasteiger partial charge in [0.15, 0.2) is 0 Å². The summed E-state index contributed by atoms with van der Waals surface area (Å²) in [4.78, 5) is 13.6. The molecule has 0 aromatic carbocycles. The molecule has 0 aliphatic heterocycles. The van der Waals surface area contributed by atoms with Crippen LogP contribution in [0, 0.1) is 0 Å². The fraction of sp³-hybridized carbons (Fsp3) is 0.250. The number of halogens is 3. The number of nitrogens with one attached hydrogen (secondary N) is 1. The number of amides is 1. The first kappa shape index (κ1) is 11.3. The van der Waals surface area contributed by atoms with E-state index in [0.717, 1.165) is 6.07 Å². The van der Waals surface area contributed by atoms with Crippen LogP contribution in [0.25, 0.3) is 0 Å². The highest BCUT2D eigenvalue weighted by Crippen LogP contribution is 2.24. The number of carbonyl (C=O) groups is 1. The molecule has 0 bridgehead atoms. The molecule has 1 aromatic rings. The number of hydrogen-bond donors (Lipinski definition) is 1. The Morgan fingerprint density at radius 3 is 2.73 bits per heavy atom. The van der Waals surface area contributed by atoms with Gasteiger partial charge in [0, 0.05) is 11.8 Å². The van der Waals surface area contributed by atoms with Gasteiger partial charge in [-0.05, 0) is 6.07 Å². The second kappa shape index (κ2) is 4.16. The molecule has 0 atom stereocenters. The van der Waals surface area contributed by atoms with Crippen molar-refractivity contribution in [1.29, 1.82) is 0 Å². The normalized spacial score (nSPS) is 11.1. The van der Waals surface area contributed by atoms with Gasteiger partial charge in [-0.2, -0.15) is 13.2 Å². The molecule has 0 aliphatic rings. The third kappa shape index (κ3) is 3.84. The average molecular weight is 219 g/mol. The summed E-state index contributed by atoms with van der Waals surface area (Å²) in [5.41, 5.74) is -0.241. The number of rotatable bonds is 2. The highest BCUT2D eigenvalue weighted by molar-refractivity contribution is 5.80. The molecule has 1 aromatic heterocycles. The van der Waals surface area contributed by atoms with Crippen LogP contribution in [0.5, 0.6) is 0 Å². The Kier molecular flexibility index (Phi) is 3.13. The number of alkyl halides is 3. The van der Waals surface area contributed by atoms with Crippen molar-refractivity contribution < 1.29 is 23.1 Å². The molecule has 1 amide bonds. The van der Waals surface area contributed by atoms with Gasteiger partial charge in [0.1, 0.15) is 11.9 Å². The molecule has 0 fully saturated rings. The zero-order valence-corrected chi connectivity index (χ0v) is 7.34. The van der Waals surface area contributed by atoms with E-state index in [4.69, 9.17) is 0 Å². The van der Waals surface area contributed by atoms with E-state index in [1.807, 2.05) is 0 Å². The first-order chi connectivity index (χ1) is 6.88. The van der Waals surface area contributed by atoms with E-state index < -0.39 is 18.7 Å². The Morgan fingerprint density at radius 2 is 2.20 bits per heavy atom. The minimum absolute atomic E-state index is 0.241. The van der Waals surface area contributed by atoms with Crippen LogP contribution >= 0.6 is 0 Å². The molecule has 0 saturated carbocycles. The third-order valence-electron chi connectivity index (χ3n) is 1.50. The third-order valence-corrected chi connectivity index (χ3v) is 1.50. The lowest BCUT2D eigenvalue weighted by atomic mass is 10.2. The largest absolute Gasteiger partial charge is 0.530 e. The summed E-state index contributed by atoms with van der Waals surface area (Å²) in [5, 5.41) is 11.8. The summed E-state index contributed by atoms with van der Waals surface area (Å²) in [6.45, 7) is 0. The van der Waals surface area contributed by atoms with E-state index in [9.17, 15) is 23.1 Å². The van der Waals surface area contributed by atoms with Gasteiger partial charge in [-0.3, -0.25) is 0 Å². The van der Waals surface area contributed by atoms with Crippen LogP contribution in [-0.4, -0.2) is 17.3 Å². The Bertz CT molecular complexity index is 365. The number of carbonyl (C=O) groups excluding carboxylic acids is 1. The van der Waals surface area contributed by atoms with Crippen LogP contribution in [0.4, 0.5) is 23.8 Å². The van der Waals surface area contributed by atoms with E-state index >= 15 is 0 Å². The smallest absolute Gasteiger partial charge is 0.393 e. The van der Waals surface area contributed by atoms with Gasteiger partial charge in [-0.1, -0.05) is 6.07 Å². The molecule has 0 spiro atoms. The van der Waals surface area contributed by atoms with E-state index in [1.54, 1.807) is 5.32 Å². The molecule has 4 nitrogen and oxygen atoms in total. The van der Waals surface area contributed by atoms with E-state index in [0.29, 0.717) is 0 Å². The molecule has 1 rings (SSSR count). The maximum absolute atomic E-state index is 12.0. The number of carboxylic acid groups (broad SMARTS) is 1. The van der Waals surface area contributed by atoms with Crippen molar-refractivity contribution in [2.75, 3.05) is 5.32 Å². The van der Waals surface area contributed by atoms with E-state index in [-0.39, 0.29) is 11.4 Å². The van der Waals surface area contributed by atoms with Crippen molar-refractivity contribution in [3.8, 4) is 0 Å². The summed E-state index contributed by atoms with van der Waals surface area (Å²) in [6, 6.07) is 2.44. The standard InChI is InChI=1S/C8H7F3N2O2/c9-8(10,11)4-5-2-1-3-12-6(5)13-7(14)15/h1-3H,4H2,(H,12,13)(H,14,15)/p-1. The SMILES string of the molecule is O=C([O-])Nc1ncccc1CC(F)(F)F. The number of anilines is 1. The van der Waals surface area contributed by atoms with Crippen LogP contribution in [0.15, 0.2) is 18.3 Å². The maximum Gasteiger partial charge on any atom is 0.393 e. The predicted molar refractivity (Wildman–Crippen MR) is 43.0 cm³/mol. The molecule has 1 heterocycles. The minimum Gasteiger partial charge on any atom is -0.530 e. The van der Waals surface area contributed by atoms with Crippen molar-refractivity contribution in [2.24, 2.45) is 0 Å². The summed E-state index contributed by atoms with van der Waals surface area (Å²) < 4.78 is 36.1. The topological polar surface area (TPSA) is 65.0 Å². The van der Waals surface area contributed by atoms with Crippen molar-refractivity contribution >= 4 is 11.9 Å². The summed E-state index contributed by atoms with van der Waals surface area (Å²) in [6.07, 6.45) is -6.16. The summed E-state index contributed by atoms with van der Waals surface area (Å²) >= 11 is 0. The van der Waals surface area contributed by atoms with E-state index in [1.165, 1.54) is 12.3 Å². The first-order valence-corrected chi connectivity index (χ1v) is 3.87. The number of hydrogen-bond acceptors (Lipinski definition) is 3. The van der Waals surface area contributed by atoms with Gasteiger partial charge in [0.2, 0.25) is 0 Å². The fourth-order valence-corrected chi connectivity index (χ4v) is 1.01. The van der Waals surface area contributed by atoms with Crippen molar-refractivity contribution in [3.63, 3.8) is 0 Å². The fourth-order valence-electron chi connectivity index (χ4n) is 1.01. The molecule has 0 saturated heterocycles. The molecule has 0 radical (unpaired) electrons.